The lowest BCUT2D eigenvalue weighted by atomic mass is 10.6. The minimum absolute atomic E-state index is 0.237. The molecule has 54 valence electrons. The summed E-state index contributed by atoms with van der Waals surface area (Å²) in [5.41, 5.74) is 0. The molecule has 1 fully saturated rings. The van der Waals surface area contributed by atoms with Gasteiger partial charge >= 0.3 is 0 Å². The molecule has 9 heavy (non-hydrogen) atoms. The van der Waals surface area contributed by atoms with Crippen LogP contribution in [0.4, 0.5) is 0 Å². The predicted molar refractivity (Wildman–Crippen MR) is 54.9 cm³/mol. The molecule has 1 heterocycles. The number of hydrogen-bond donors (Lipinski definition) is 0. The Morgan fingerprint density at radius 2 is 2.00 bits per heavy atom. The molecule has 1 saturated heterocycles. The molecule has 0 aromatic carbocycles. The van der Waals surface area contributed by atoms with Crippen molar-refractivity contribution in [3.8, 4) is 0 Å². The predicted octanol–water partition coefficient (Wildman–Crippen LogP) is -0.487. The van der Waals surface area contributed by atoms with Crippen LogP contribution < -0.4 is 0 Å². The highest BCUT2D eigenvalue weighted by molar-refractivity contribution is 9.24. The highest BCUT2D eigenvalue weighted by atomic mass is 79.9. The van der Waals surface area contributed by atoms with Crippen LogP contribution in [0, 0.1) is 0 Å². The molecule has 0 N–H and O–H groups in total. The van der Waals surface area contributed by atoms with E-state index in [9.17, 15) is 0 Å². The summed E-state index contributed by atoms with van der Waals surface area (Å²) >= 11 is 5.74. The van der Waals surface area contributed by atoms with Gasteiger partial charge in [-0.2, -0.15) is 11.8 Å². The Balaban J connectivity index is 2.08. The molecule has 1 nitrogen and oxygen atoms in total. The van der Waals surface area contributed by atoms with Gasteiger partial charge in [0.1, 0.15) is 7.66 Å². The molecule has 0 aromatic heterocycles. The standard InChI is InChI=1S/C4H12BrNSSi2/c5-8-9-6-1-3-7-4-2-6/h1-4,8-9H2. The summed E-state index contributed by atoms with van der Waals surface area (Å²) in [6, 6.07) is 0. The molecule has 0 aliphatic carbocycles. The van der Waals surface area contributed by atoms with Crippen molar-refractivity contribution in [2.75, 3.05) is 24.6 Å². The van der Waals surface area contributed by atoms with E-state index >= 15 is 0 Å². The van der Waals surface area contributed by atoms with Gasteiger partial charge in [0.2, 0.25) is 0 Å². The third-order valence-electron chi connectivity index (χ3n) is 1.50. The quantitative estimate of drug-likeness (QED) is 0.475. The van der Waals surface area contributed by atoms with Gasteiger partial charge in [-0.25, -0.2) is 0 Å². The van der Waals surface area contributed by atoms with Crippen molar-refractivity contribution in [3.05, 3.63) is 0 Å². The molecular formula is C4H12BrNSSi2. The van der Waals surface area contributed by atoms with Crippen LogP contribution in [-0.2, 0) is 0 Å². The fourth-order valence-corrected chi connectivity index (χ4v) is 9.96. The van der Waals surface area contributed by atoms with Crippen LogP contribution in [0.2, 0.25) is 0 Å². The van der Waals surface area contributed by atoms with Crippen molar-refractivity contribution in [2.24, 2.45) is 0 Å². The van der Waals surface area contributed by atoms with Gasteiger partial charge in [0.25, 0.3) is 0 Å². The summed E-state index contributed by atoms with van der Waals surface area (Å²) in [6.07, 6.45) is 0. The number of rotatable bonds is 2. The molecule has 1 aliphatic rings. The Bertz CT molecular complexity index is 76.2. The largest absolute Gasteiger partial charge is 0.329 e. The van der Waals surface area contributed by atoms with E-state index in [4.69, 9.17) is 0 Å². The van der Waals surface area contributed by atoms with Gasteiger partial charge in [-0.15, -0.1) is 15.3 Å². The van der Waals surface area contributed by atoms with E-state index in [0.717, 1.165) is 0 Å². The Morgan fingerprint density at radius 1 is 1.33 bits per heavy atom. The lowest BCUT2D eigenvalue weighted by molar-refractivity contribution is 0.499. The molecule has 0 spiro atoms. The van der Waals surface area contributed by atoms with E-state index in [-0.39, 0.29) is 16.9 Å². The highest BCUT2D eigenvalue weighted by Gasteiger charge is 2.08. The first-order valence-corrected chi connectivity index (χ1v) is 13.0. The lowest BCUT2D eigenvalue weighted by Gasteiger charge is -2.24. The molecule has 0 atom stereocenters. The number of thioether (sulfide) groups is 1. The number of hydrogen-bond acceptors (Lipinski definition) is 2. The van der Waals surface area contributed by atoms with Crippen LogP contribution in [-0.4, -0.2) is 46.0 Å². The van der Waals surface area contributed by atoms with E-state index < -0.39 is 0 Å². The van der Waals surface area contributed by atoms with Crippen LogP contribution in [0.15, 0.2) is 0 Å². The van der Waals surface area contributed by atoms with Gasteiger partial charge < -0.3 is 4.57 Å². The minimum atomic E-state index is 0.237. The molecule has 0 saturated carbocycles. The van der Waals surface area contributed by atoms with Gasteiger partial charge in [-0.3, -0.25) is 0 Å². The Kier molecular flexibility index (Phi) is 4.58. The van der Waals surface area contributed by atoms with Crippen LogP contribution in [0.25, 0.3) is 0 Å². The van der Waals surface area contributed by atoms with Crippen molar-refractivity contribution in [1.82, 2.24) is 4.57 Å². The van der Waals surface area contributed by atoms with Crippen LogP contribution in [0.1, 0.15) is 0 Å². The SMILES string of the molecule is Br[SiH2][SiH2]N1CCSCC1. The molecule has 0 radical (unpaired) electrons. The number of halogens is 1. The van der Waals surface area contributed by atoms with E-state index in [1.165, 1.54) is 24.6 Å². The Hall–Kier alpha value is 1.22. The summed E-state index contributed by atoms with van der Waals surface area (Å²) < 4.78 is 2.71. The minimum Gasteiger partial charge on any atom is -0.329 e. The molecule has 0 amide bonds. The van der Waals surface area contributed by atoms with E-state index in [0.29, 0.717) is 0 Å². The molecule has 5 heteroatoms. The summed E-state index contributed by atoms with van der Waals surface area (Å²) in [7, 11) is 0.489. The third-order valence-corrected chi connectivity index (χ3v) is 9.48. The van der Waals surface area contributed by atoms with E-state index in [2.05, 4.69) is 31.6 Å². The maximum atomic E-state index is 3.64. The molecule has 0 aromatic rings. The normalized spacial score (nSPS) is 25.0. The van der Waals surface area contributed by atoms with Gasteiger partial charge in [-0.05, 0) is 13.1 Å². The summed E-state index contributed by atoms with van der Waals surface area (Å²) in [5.74, 6) is 2.77. The monoisotopic (exact) mass is 241 g/mol. The second-order valence-electron chi connectivity index (χ2n) is 2.14. The van der Waals surface area contributed by atoms with Crippen molar-refractivity contribution < 1.29 is 0 Å². The van der Waals surface area contributed by atoms with Gasteiger partial charge in [0.15, 0.2) is 0 Å². The topological polar surface area (TPSA) is 3.24 Å². The maximum absolute atomic E-state index is 3.64. The zero-order valence-electron chi connectivity index (χ0n) is 5.48. The molecule has 0 unspecified atom stereocenters. The molecular weight excluding hydrogens is 230 g/mol. The van der Waals surface area contributed by atoms with Crippen molar-refractivity contribution in [2.45, 2.75) is 0 Å². The second-order valence-corrected chi connectivity index (χ2v) is 14.7. The smallest absolute Gasteiger partial charge is 0.102 e. The molecule has 1 rings (SSSR count). The van der Waals surface area contributed by atoms with Gasteiger partial charge in [0.05, 0.1) is 9.20 Å². The maximum Gasteiger partial charge on any atom is 0.102 e. The zero-order valence-corrected chi connectivity index (χ0v) is 10.7. The average molecular weight is 242 g/mol. The number of nitrogens with zero attached hydrogens (tertiary/aromatic N) is 1. The van der Waals surface area contributed by atoms with Crippen molar-refractivity contribution in [1.29, 1.82) is 0 Å². The van der Waals surface area contributed by atoms with Crippen LogP contribution in [0.3, 0.4) is 0 Å². The average Bonchev–Trinajstić information content (AvgIpc) is 1.91. The first kappa shape index (κ1) is 8.32. The zero-order chi connectivity index (χ0) is 6.53. The van der Waals surface area contributed by atoms with E-state index in [1.54, 1.807) is 0 Å². The second kappa shape index (κ2) is 4.95. The lowest BCUT2D eigenvalue weighted by Crippen LogP contribution is -2.37. The fraction of sp³-hybridized carbons (Fsp3) is 1.00. The van der Waals surface area contributed by atoms with Gasteiger partial charge in [-0.1, -0.05) is 0 Å². The highest BCUT2D eigenvalue weighted by Crippen LogP contribution is 2.07. The third kappa shape index (κ3) is 3.22. The first-order chi connectivity index (χ1) is 4.43. The molecule has 0 bridgehead atoms. The fourth-order valence-electron chi connectivity index (χ4n) is 0.944. The summed E-state index contributed by atoms with van der Waals surface area (Å²) in [4.78, 5) is 0. The van der Waals surface area contributed by atoms with Crippen LogP contribution in [0.5, 0.6) is 0 Å². The van der Waals surface area contributed by atoms with Crippen molar-refractivity contribution in [3.63, 3.8) is 0 Å². The summed E-state index contributed by atoms with van der Waals surface area (Å²) in [6.45, 7) is 2.77. The van der Waals surface area contributed by atoms with Gasteiger partial charge in [0, 0.05) is 11.5 Å². The van der Waals surface area contributed by atoms with Crippen molar-refractivity contribution >= 4 is 43.9 Å². The molecule has 1 aliphatic heterocycles. The van der Waals surface area contributed by atoms with Crippen LogP contribution >= 0.6 is 27.1 Å². The first-order valence-electron chi connectivity index (χ1n) is 3.29. The summed E-state index contributed by atoms with van der Waals surface area (Å²) in [5, 5.41) is 0. The Labute approximate surface area is 73.0 Å². The van der Waals surface area contributed by atoms with E-state index in [1.807, 2.05) is 0 Å². The Morgan fingerprint density at radius 3 is 2.56 bits per heavy atom.